The quantitative estimate of drug-likeness (QED) is 0.620. The minimum atomic E-state index is -0.584. The standard InChI is InChI=1S/C21H18FNO3/c1-13-4-10-17(11-5-13)23-14(2)19(21(25)26-3)18(20(23)24)12-15-6-8-16(22)9-7-15/h4-12H,1-3H3/b18-12-. The van der Waals surface area contributed by atoms with E-state index in [0.29, 0.717) is 16.9 Å². The normalized spacial score (nSPS) is 15.8. The average Bonchev–Trinajstić information content (AvgIpc) is 2.87. The molecule has 0 bridgehead atoms. The van der Waals surface area contributed by atoms with E-state index in [-0.39, 0.29) is 22.9 Å². The van der Waals surface area contributed by atoms with Crippen LogP contribution in [-0.2, 0) is 14.3 Å². The Bertz CT molecular complexity index is 925. The van der Waals surface area contributed by atoms with Crippen LogP contribution in [0.3, 0.4) is 0 Å². The van der Waals surface area contributed by atoms with Crippen LogP contribution < -0.4 is 4.90 Å². The number of ether oxygens (including phenoxy) is 1. The van der Waals surface area contributed by atoms with Gasteiger partial charge in [0, 0.05) is 11.4 Å². The monoisotopic (exact) mass is 351 g/mol. The molecule has 1 aliphatic heterocycles. The second kappa shape index (κ2) is 6.96. The molecule has 26 heavy (non-hydrogen) atoms. The van der Waals surface area contributed by atoms with Gasteiger partial charge >= 0.3 is 5.97 Å². The van der Waals surface area contributed by atoms with Crippen LogP contribution in [0.4, 0.5) is 10.1 Å². The van der Waals surface area contributed by atoms with Crippen molar-refractivity contribution in [1.82, 2.24) is 0 Å². The minimum absolute atomic E-state index is 0.211. The number of benzene rings is 2. The largest absolute Gasteiger partial charge is 0.465 e. The van der Waals surface area contributed by atoms with Gasteiger partial charge in [0.15, 0.2) is 0 Å². The minimum Gasteiger partial charge on any atom is -0.465 e. The molecule has 2 aromatic rings. The van der Waals surface area contributed by atoms with Crippen molar-refractivity contribution in [1.29, 1.82) is 0 Å². The number of nitrogens with zero attached hydrogens (tertiary/aromatic N) is 1. The molecule has 0 saturated carbocycles. The maximum Gasteiger partial charge on any atom is 0.340 e. The summed E-state index contributed by atoms with van der Waals surface area (Å²) in [5.41, 5.74) is 3.29. The maximum absolute atomic E-state index is 13.1. The van der Waals surface area contributed by atoms with Gasteiger partial charge in [0.05, 0.1) is 18.3 Å². The summed E-state index contributed by atoms with van der Waals surface area (Å²) in [7, 11) is 1.27. The van der Waals surface area contributed by atoms with Gasteiger partial charge in [-0.15, -0.1) is 0 Å². The van der Waals surface area contributed by atoms with Gasteiger partial charge in [-0.2, -0.15) is 0 Å². The number of rotatable bonds is 3. The van der Waals surface area contributed by atoms with Crippen LogP contribution in [0.2, 0.25) is 0 Å². The Morgan fingerprint density at radius 3 is 2.23 bits per heavy atom. The molecular weight excluding hydrogens is 333 g/mol. The fourth-order valence-corrected chi connectivity index (χ4v) is 2.91. The van der Waals surface area contributed by atoms with E-state index in [0.717, 1.165) is 5.56 Å². The van der Waals surface area contributed by atoms with E-state index in [4.69, 9.17) is 4.74 Å². The first-order valence-corrected chi connectivity index (χ1v) is 8.10. The summed E-state index contributed by atoms with van der Waals surface area (Å²) in [5, 5.41) is 0. The maximum atomic E-state index is 13.1. The molecule has 5 heteroatoms. The van der Waals surface area contributed by atoms with Crippen molar-refractivity contribution in [2.45, 2.75) is 13.8 Å². The molecule has 1 amide bonds. The Labute approximate surface area is 151 Å². The van der Waals surface area contributed by atoms with E-state index in [1.165, 1.54) is 24.1 Å². The van der Waals surface area contributed by atoms with Crippen LogP contribution in [-0.4, -0.2) is 19.0 Å². The highest BCUT2D eigenvalue weighted by Crippen LogP contribution is 2.35. The zero-order valence-electron chi connectivity index (χ0n) is 14.7. The Hall–Kier alpha value is -3.21. The molecule has 132 valence electrons. The molecule has 0 aliphatic carbocycles. The molecule has 0 saturated heterocycles. The van der Waals surface area contributed by atoms with Gasteiger partial charge < -0.3 is 4.74 Å². The van der Waals surface area contributed by atoms with Gasteiger partial charge in [0.25, 0.3) is 5.91 Å². The number of esters is 1. The zero-order chi connectivity index (χ0) is 18.8. The van der Waals surface area contributed by atoms with Crippen LogP contribution in [0.5, 0.6) is 0 Å². The Morgan fingerprint density at radius 1 is 1.04 bits per heavy atom. The fourth-order valence-electron chi connectivity index (χ4n) is 2.91. The number of carbonyl (C=O) groups excluding carboxylic acids is 2. The SMILES string of the molecule is COC(=O)C1=C(C)N(c2ccc(C)cc2)C(=O)/C1=C\c1ccc(F)cc1. The predicted octanol–water partition coefficient (Wildman–Crippen LogP) is 4.01. The van der Waals surface area contributed by atoms with Crippen LogP contribution >= 0.6 is 0 Å². The van der Waals surface area contributed by atoms with Gasteiger partial charge in [-0.25, -0.2) is 9.18 Å². The molecule has 0 spiro atoms. The Morgan fingerprint density at radius 2 is 1.65 bits per heavy atom. The van der Waals surface area contributed by atoms with Crippen molar-refractivity contribution >= 4 is 23.6 Å². The van der Waals surface area contributed by atoms with Crippen molar-refractivity contribution in [3.63, 3.8) is 0 Å². The highest BCUT2D eigenvalue weighted by atomic mass is 19.1. The first-order chi connectivity index (χ1) is 12.4. The molecule has 0 fully saturated rings. The number of allylic oxidation sites excluding steroid dienone is 1. The summed E-state index contributed by atoms with van der Waals surface area (Å²) in [4.78, 5) is 26.8. The lowest BCUT2D eigenvalue weighted by Gasteiger charge is -2.18. The number of amides is 1. The van der Waals surface area contributed by atoms with Crippen molar-refractivity contribution in [3.8, 4) is 0 Å². The highest BCUT2D eigenvalue weighted by molar-refractivity contribution is 6.23. The Balaban J connectivity index is 2.12. The van der Waals surface area contributed by atoms with Gasteiger partial charge in [0.1, 0.15) is 5.82 Å². The number of anilines is 1. The van der Waals surface area contributed by atoms with Crippen molar-refractivity contribution < 1.29 is 18.7 Å². The second-order valence-corrected chi connectivity index (χ2v) is 6.04. The van der Waals surface area contributed by atoms with Crippen LogP contribution in [0.25, 0.3) is 6.08 Å². The summed E-state index contributed by atoms with van der Waals surface area (Å²) < 4.78 is 18.0. The second-order valence-electron chi connectivity index (χ2n) is 6.04. The first kappa shape index (κ1) is 17.6. The van der Waals surface area contributed by atoms with Gasteiger partial charge in [0.2, 0.25) is 0 Å². The first-order valence-electron chi connectivity index (χ1n) is 8.10. The molecule has 0 radical (unpaired) electrons. The third kappa shape index (κ3) is 3.16. The molecule has 0 atom stereocenters. The van der Waals surface area contributed by atoms with Crippen molar-refractivity contribution in [2.24, 2.45) is 0 Å². The van der Waals surface area contributed by atoms with Gasteiger partial charge in [-0.05, 0) is 49.8 Å². The average molecular weight is 351 g/mol. The van der Waals surface area contributed by atoms with Crippen LogP contribution in [0.1, 0.15) is 18.1 Å². The highest BCUT2D eigenvalue weighted by Gasteiger charge is 2.37. The molecule has 4 nitrogen and oxygen atoms in total. The van der Waals surface area contributed by atoms with E-state index < -0.39 is 5.97 Å². The third-order valence-electron chi connectivity index (χ3n) is 4.26. The molecule has 2 aromatic carbocycles. The van der Waals surface area contributed by atoms with E-state index in [9.17, 15) is 14.0 Å². The molecule has 1 heterocycles. The van der Waals surface area contributed by atoms with E-state index in [2.05, 4.69) is 0 Å². The molecule has 0 aromatic heterocycles. The van der Waals surface area contributed by atoms with Crippen molar-refractivity contribution in [3.05, 3.63) is 82.3 Å². The number of methoxy groups -OCH3 is 1. The number of hydrogen-bond acceptors (Lipinski definition) is 3. The summed E-state index contributed by atoms with van der Waals surface area (Å²) in [5.74, 6) is -1.28. The topological polar surface area (TPSA) is 46.6 Å². The van der Waals surface area contributed by atoms with E-state index in [1.54, 1.807) is 25.1 Å². The van der Waals surface area contributed by atoms with Crippen molar-refractivity contribution in [2.75, 3.05) is 12.0 Å². The lowest BCUT2D eigenvalue weighted by atomic mass is 10.0. The van der Waals surface area contributed by atoms with Crippen LogP contribution in [0.15, 0.2) is 65.4 Å². The smallest absolute Gasteiger partial charge is 0.340 e. The molecule has 3 rings (SSSR count). The van der Waals surface area contributed by atoms with Crippen LogP contribution in [0, 0.1) is 12.7 Å². The zero-order valence-corrected chi connectivity index (χ0v) is 14.7. The van der Waals surface area contributed by atoms with E-state index >= 15 is 0 Å². The summed E-state index contributed by atoms with van der Waals surface area (Å²) >= 11 is 0. The van der Waals surface area contributed by atoms with Gasteiger partial charge in [-0.3, -0.25) is 9.69 Å². The fraction of sp³-hybridized carbons (Fsp3) is 0.143. The molecule has 0 N–H and O–H groups in total. The predicted molar refractivity (Wildman–Crippen MR) is 97.8 cm³/mol. The third-order valence-corrected chi connectivity index (χ3v) is 4.26. The number of aryl methyl sites for hydroxylation is 1. The molecular formula is C21H18FNO3. The number of halogens is 1. The molecule has 1 aliphatic rings. The number of carbonyl (C=O) groups is 2. The summed E-state index contributed by atoms with van der Waals surface area (Å²) in [6.45, 7) is 3.66. The lowest BCUT2D eigenvalue weighted by molar-refractivity contribution is -0.136. The van der Waals surface area contributed by atoms with Gasteiger partial charge in [-0.1, -0.05) is 29.8 Å². The number of hydrogen-bond donors (Lipinski definition) is 0. The Kier molecular flexibility index (Phi) is 4.71. The summed E-state index contributed by atoms with van der Waals surface area (Å²) in [6.07, 6.45) is 1.58. The van der Waals surface area contributed by atoms with E-state index in [1.807, 2.05) is 31.2 Å². The summed E-state index contributed by atoms with van der Waals surface area (Å²) in [6, 6.07) is 13.2. The molecule has 0 unspecified atom stereocenters. The lowest BCUT2D eigenvalue weighted by Crippen LogP contribution is -2.24.